The van der Waals surface area contributed by atoms with Gasteiger partial charge in [0.05, 0.1) is 16.8 Å². The number of H-pyrrole nitrogens is 1. The number of halogens is 3. The Kier molecular flexibility index (Phi) is 7.35. The summed E-state index contributed by atoms with van der Waals surface area (Å²) in [4.78, 5) is 11.8. The highest BCUT2D eigenvalue weighted by Crippen LogP contribution is 2.30. The number of hydrogen-bond acceptors (Lipinski definition) is 3. The Bertz CT molecular complexity index is 648. The molecule has 0 fully saturated rings. The van der Waals surface area contributed by atoms with Crippen LogP contribution in [0.5, 0.6) is 0 Å². The molecule has 1 unspecified atom stereocenters. The van der Waals surface area contributed by atoms with E-state index in [0.29, 0.717) is 17.3 Å². The Balaban J connectivity index is 0.00000242. The van der Waals surface area contributed by atoms with E-state index >= 15 is 0 Å². The number of carbonyl (C=O) groups excluding carboxylic acids is 1. The second kappa shape index (κ2) is 8.53. The number of amides is 1. The summed E-state index contributed by atoms with van der Waals surface area (Å²) in [5.41, 5.74) is 7.29. The van der Waals surface area contributed by atoms with Crippen LogP contribution in [0.3, 0.4) is 0 Å². The van der Waals surface area contributed by atoms with Crippen LogP contribution in [0, 0.1) is 0 Å². The molecule has 0 saturated carbocycles. The number of aromatic amines is 1. The summed E-state index contributed by atoms with van der Waals surface area (Å²) in [5.74, 6) is 0.188. The minimum absolute atomic E-state index is 0. The van der Waals surface area contributed by atoms with Gasteiger partial charge in [-0.2, -0.15) is 5.10 Å². The van der Waals surface area contributed by atoms with Gasteiger partial charge in [-0.15, -0.1) is 12.4 Å². The van der Waals surface area contributed by atoms with Crippen molar-refractivity contribution >= 4 is 51.7 Å². The van der Waals surface area contributed by atoms with Crippen molar-refractivity contribution in [2.24, 2.45) is 5.73 Å². The van der Waals surface area contributed by atoms with E-state index in [-0.39, 0.29) is 18.3 Å². The third-order valence-electron chi connectivity index (χ3n) is 2.98. The number of carbonyl (C=O) groups is 1. The molecule has 0 spiro atoms. The summed E-state index contributed by atoms with van der Waals surface area (Å²) in [6, 6.07) is 6.73. The van der Waals surface area contributed by atoms with E-state index in [9.17, 15) is 4.79 Å². The molecule has 2 rings (SSSR count). The van der Waals surface area contributed by atoms with Gasteiger partial charge in [-0.1, -0.05) is 40.9 Å². The third-order valence-corrected chi connectivity index (χ3v) is 3.81. The maximum atomic E-state index is 11.8. The van der Waals surface area contributed by atoms with Crippen molar-refractivity contribution in [2.75, 3.05) is 5.32 Å². The van der Waals surface area contributed by atoms with E-state index < -0.39 is 6.04 Å². The molecule has 1 heterocycles. The molecule has 0 aliphatic carbocycles. The van der Waals surface area contributed by atoms with Gasteiger partial charge >= 0.3 is 0 Å². The Morgan fingerprint density at radius 3 is 2.91 bits per heavy atom. The van der Waals surface area contributed by atoms with Gasteiger partial charge in [0.1, 0.15) is 0 Å². The first kappa shape index (κ1) is 19.0. The molecule has 1 atom stereocenters. The van der Waals surface area contributed by atoms with Crippen LogP contribution in [0.1, 0.15) is 19.8 Å². The van der Waals surface area contributed by atoms with E-state index in [1.165, 1.54) is 0 Å². The molecule has 1 aromatic carbocycles. The van der Waals surface area contributed by atoms with Gasteiger partial charge in [0, 0.05) is 16.1 Å². The smallest absolute Gasteiger partial charge is 0.242 e. The highest BCUT2D eigenvalue weighted by atomic mass is 79.9. The molecule has 120 valence electrons. The molecular weight excluding hydrogens is 391 g/mol. The van der Waals surface area contributed by atoms with Gasteiger partial charge < -0.3 is 11.1 Å². The third kappa shape index (κ3) is 4.71. The van der Waals surface area contributed by atoms with Crippen molar-refractivity contribution in [3.8, 4) is 11.3 Å². The predicted octanol–water partition coefficient (Wildman–Crippen LogP) is 3.98. The largest absolute Gasteiger partial charge is 0.320 e. The normalized spacial score (nSPS) is 11.6. The van der Waals surface area contributed by atoms with Crippen LogP contribution in [0.4, 0.5) is 5.82 Å². The van der Waals surface area contributed by atoms with Crippen molar-refractivity contribution in [3.63, 3.8) is 0 Å². The molecule has 0 aliphatic rings. The topological polar surface area (TPSA) is 83.8 Å². The quantitative estimate of drug-likeness (QED) is 0.700. The van der Waals surface area contributed by atoms with E-state index in [1.807, 2.05) is 19.1 Å². The van der Waals surface area contributed by atoms with Crippen LogP contribution < -0.4 is 11.1 Å². The maximum absolute atomic E-state index is 11.8. The predicted molar refractivity (Wildman–Crippen MR) is 95.5 cm³/mol. The number of aromatic nitrogens is 2. The summed E-state index contributed by atoms with van der Waals surface area (Å²) in [5, 5.41) is 10.2. The number of anilines is 1. The maximum Gasteiger partial charge on any atom is 0.242 e. The fourth-order valence-electron chi connectivity index (χ4n) is 1.89. The molecule has 5 nitrogen and oxygen atoms in total. The van der Waals surface area contributed by atoms with Gasteiger partial charge in [0.25, 0.3) is 0 Å². The van der Waals surface area contributed by atoms with Crippen molar-refractivity contribution < 1.29 is 4.79 Å². The van der Waals surface area contributed by atoms with Gasteiger partial charge in [-0.05, 0) is 24.6 Å². The first-order valence-corrected chi connectivity index (χ1v) is 7.75. The lowest BCUT2D eigenvalue weighted by atomic mass is 10.1. The van der Waals surface area contributed by atoms with Crippen LogP contribution in [0.25, 0.3) is 11.3 Å². The molecular formula is C14H17BrCl2N4O. The van der Waals surface area contributed by atoms with E-state index in [4.69, 9.17) is 17.3 Å². The highest BCUT2D eigenvalue weighted by Gasteiger charge is 2.15. The SMILES string of the molecule is CCCC(N)C(=O)Nc1cc(-c2cc(Br)ccc2Cl)[nH]n1.Cl. The molecule has 0 radical (unpaired) electrons. The van der Waals surface area contributed by atoms with E-state index in [1.54, 1.807) is 12.1 Å². The van der Waals surface area contributed by atoms with Crippen LogP contribution in [-0.2, 0) is 4.79 Å². The zero-order chi connectivity index (χ0) is 15.4. The minimum atomic E-state index is -0.524. The van der Waals surface area contributed by atoms with Crippen molar-refractivity contribution in [1.29, 1.82) is 0 Å². The summed E-state index contributed by atoms with van der Waals surface area (Å²) >= 11 is 9.56. The van der Waals surface area contributed by atoms with Gasteiger partial charge in [-0.3, -0.25) is 9.89 Å². The van der Waals surface area contributed by atoms with Crippen molar-refractivity contribution in [3.05, 3.63) is 33.8 Å². The number of nitrogens with two attached hydrogens (primary N) is 1. The number of hydrogen-bond donors (Lipinski definition) is 3. The lowest BCUT2D eigenvalue weighted by molar-refractivity contribution is -0.117. The molecule has 2 aromatic rings. The lowest BCUT2D eigenvalue weighted by Crippen LogP contribution is -2.35. The average Bonchev–Trinajstić information content (AvgIpc) is 2.90. The molecule has 0 aliphatic heterocycles. The van der Waals surface area contributed by atoms with E-state index in [2.05, 4.69) is 31.4 Å². The second-order valence-corrected chi connectivity index (χ2v) is 6.00. The van der Waals surface area contributed by atoms with Crippen LogP contribution in [0.2, 0.25) is 5.02 Å². The molecule has 1 amide bonds. The molecule has 0 saturated heterocycles. The van der Waals surface area contributed by atoms with Gasteiger partial charge in [0.2, 0.25) is 5.91 Å². The number of nitrogens with one attached hydrogen (secondary N) is 2. The first-order valence-electron chi connectivity index (χ1n) is 6.58. The first-order chi connectivity index (χ1) is 10.0. The van der Waals surface area contributed by atoms with Crippen molar-refractivity contribution in [1.82, 2.24) is 10.2 Å². The molecule has 22 heavy (non-hydrogen) atoms. The van der Waals surface area contributed by atoms with Crippen LogP contribution >= 0.6 is 39.9 Å². The Hall–Kier alpha value is -1.08. The van der Waals surface area contributed by atoms with Crippen molar-refractivity contribution in [2.45, 2.75) is 25.8 Å². The highest BCUT2D eigenvalue weighted by molar-refractivity contribution is 9.10. The Morgan fingerprint density at radius 2 is 2.23 bits per heavy atom. The Labute approximate surface area is 148 Å². The zero-order valence-electron chi connectivity index (χ0n) is 11.9. The lowest BCUT2D eigenvalue weighted by Gasteiger charge is -2.08. The van der Waals surface area contributed by atoms with Crippen LogP contribution in [-0.4, -0.2) is 22.1 Å². The van der Waals surface area contributed by atoms with Gasteiger partial charge in [-0.25, -0.2) is 0 Å². The summed E-state index contributed by atoms with van der Waals surface area (Å²) in [7, 11) is 0. The van der Waals surface area contributed by atoms with Gasteiger partial charge in [0.15, 0.2) is 5.82 Å². The monoisotopic (exact) mass is 406 g/mol. The second-order valence-electron chi connectivity index (χ2n) is 4.68. The fraction of sp³-hybridized carbons (Fsp3) is 0.286. The molecule has 0 bridgehead atoms. The molecule has 1 aromatic heterocycles. The van der Waals surface area contributed by atoms with E-state index in [0.717, 1.165) is 22.2 Å². The number of benzene rings is 1. The standard InChI is InChI=1S/C14H16BrClN4O.ClH/c1-2-3-11(17)14(21)18-13-7-12(19-20-13)9-6-8(15)4-5-10(9)16;/h4-7,11H,2-3,17H2,1H3,(H2,18,19,20,21);1H. The molecule has 8 heteroatoms. The Morgan fingerprint density at radius 1 is 1.50 bits per heavy atom. The summed E-state index contributed by atoms with van der Waals surface area (Å²) in [6.07, 6.45) is 1.49. The minimum Gasteiger partial charge on any atom is -0.320 e. The number of rotatable bonds is 5. The summed E-state index contributed by atoms with van der Waals surface area (Å²) in [6.45, 7) is 1.98. The molecule has 4 N–H and O–H groups in total. The fourth-order valence-corrected chi connectivity index (χ4v) is 2.47. The summed E-state index contributed by atoms with van der Waals surface area (Å²) < 4.78 is 0.909. The number of nitrogens with zero attached hydrogens (tertiary/aromatic N) is 1. The van der Waals surface area contributed by atoms with Crippen LogP contribution in [0.15, 0.2) is 28.7 Å². The average molecular weight is 408 g/mol. The zero-order valence-corrected chi connectivity index (χ0v) is 15.1.